The van der Waals surface area contributed by atoms with Crippen LogP contribution in [0.4, 0.5) is 4.39 Å². The third kappa shape index (κ3) is 3.25. The lowest BCUT2D eigenvalue weighted by atomic mass is 9.91. The summed E-state index contributed by atoms with van der Waals surface area (Å²) in [4.78, 5) is 19.2. The second kappa shape index (κ2) is 7.19. The van der Waals surface area contributed by atoms with Gasteiger partial charge in [0.1, 0.15) is 11.3 Å². The number of thiophene rings is 1. The minimum absolute atomic E-state index is 0.0866. The number of fused-ring (bicyclic) bond motifs is 2. The number of carbonyl (C=O) groups excluding carboxylic acids is 1. The van der Waals surface area contributed by atoms with Gasteiger partial charge in [0.25, 0.3) is 5.91 Å². The highest BCUT2D eigenvalue weighted by atomic mass is 32.1. The summed E-state index contributed by atoms with van der Waals surface area (Å²) in [5.74, 6) is -0.0814. The molecule has 1 unspecified atom stereocenters. The number of hydrogen-bond acceptors (Lipinski definition) is 5. The Morgan fingerprint density at radius 3 is 2.86 bits per heavy atom. The Kier molecular flexibility index (Phi) is 4.96. The molecule has 6 nitrogen and oxygen atoms in total. The van der Waals surface area contributed by atoms with Gasteiger partial charge in [0, 0.05) is 26.1 Å². The molecule has 1 amide bonds. The van der Waals surface area contributed by atoms with Crippen molar-refractivity contribution in [2.24, 2.45) is 7.05 Å². The van der Waals surface area contributed by atoms with Crippen molar-refractivity contribution < 1.29 is 13.9 Å². The first-order valence-corrected chi connectivity index (χ1v) is 10.4. The first-order valence-electron chi connectivity index (χ1n) is 9.56. The summed E-state index contributed by atoms with van der Waals surface area (Å²) in [6.07, 6.45) is 0.935. The summed E-state index contributed by atoms with van der Waals surface area (Å²) < 4.78 is 21.7. The molecular formula is C21H25FN4O2S. The van der Waals surface area contributed by atoms with Gasteiger partial charge >= 0.3 is 0 Å². The van der Waals surface area contributed by atoms with E-state index in [1.165, 1.54) is 29.6 Å². The molecule has 1 aliphatic rings. The van der Waals surface area contributed by atoms with Crippen molar-refractivity contribution in [2.75, 3.05) is 20.7 Å². The van der Waals surface area contributed by atoms with Crippen LogP contribution in [0.3, 0.4) is 0 Å². The molecule has 0 spiro atoms. The first kappa shape index (κ1) is 20.0. The number of aromatic nitrogens is 2. The quantitative estimate of drug-likeness (QED) is 0.684. The Balaban J connectivity index is 1.87. The molecule has 0 saturated heterocycles. The minimum atomic E-state index is -0.456. The summed E-state index contributed by atoms with van der Waals surface area (Å²) >= 11 is 1.67. The predicted molar refractivity (Wildman–Crippen MR) is 113 cm³/mol. The van der Waals surface area contributed by atoms with Gasteiger partial charge in [-0.05, 0) is 50.6 Å². The molecule has 29 heavy (non-hydrogen) atoms. The fourth-order valence-corrected chi connectivity index (χ4v) is 5.39. The summed E-state index contributed by atoms with van der Waals surface area (Å²) in [6.45, 7) is 5.04. The number of ether oxygens (including phenoxy) is 1. The zero-order chi connectivity index (χ0) is 20.9. The largest absolute Gasteiger partial charge is 0.377 e. The number of nitrogens with zero attached hydrogens (tertiary/aromatic N) is 2. The van der Waals surface area contributed by atoms with E-state index in [0.29, 0.717) is 11.0 Å². The Labute approximate surface area is 173 Å². The van der Waals surface area contributed by atoms with Crippen LogP contribution in [0.5, 0.6) is 0 Å². The maximum Gasteiger partial charge on any atom is 0.253 e. The van der Waals surface area contributed by atoms with Crippen molar-refractivity contribution in [3.8, 4) is 10.7 Å². The van der Waals surface area contributed by atoms with E-state index in [4.69, 9.17) is 9.72 Å². The molecule has 0 bridgehead atoms. The fraction of sp³-hybridized carbons (Fsp3) is 0.429. The second-order valence-electron chi connectivity index (χ2n) is 7.84. The van der Waals surface area contributed by atoms with Gasteiger partial charge in [-0.25, -0.2) is 9.37 Å². The average molecular weight is 417 g/mol. The molecular weight excluding hydrogens is 391 g/mol. The van der Waals surface area contributed by atoms with E-state index in [9.17, 15) is 9.18 Å². The van der Waals surface area contributed by atoms with Crippen LogP contribution in [0.2, 0.25) is 0 Å². The van der Waals surface area contributed by atoms with Gasteiger partial charge in [0.05, 0.1) is 27.6 Å². The summed E-state index contributed by atoms with van der Waals surface area (Å²) in [5, 5.41) is 6.13. The molecule has 1 aromatic carbocycles. The molecule has 0 radical (unpaired) electrons. The normalized spacial score (nSPS) is 16.8. The topological polar surface area (TPSA) is 68.2 Å². The van der Waals surface area contributed by atoms with Gasteiger partial charge in [-0.2, -0.15) is 0 Å². The Morgan fingerprint density at radius 1 is 1.41 bits per heavy atom. The lowest BCUT2D eigenvalue weighted by Crippen LogP contribution is -2.43. The molecule has 2 N–H and O–H groups in total. The maximum atomic E-state index is 14.2. The first-order chi connectivity index (χ1) is 13.8. The van der Waals surface area contributed by atoms with Crippen molar-refractivity contribution in [2.45, 2.75) is 31.9 Å². The molecule has 0 saturated carbocycles. The summed E-state index contributed by atoms with van der Waals surface area (Å²) in [5.41, 5.74) is 2.27. The molecule has 3 heterocycles. The van der Waals surface area contributed by atoms with E-state index in [-0.39, 0.29) is 23.1 Å². The molecule has 8 heteroatoms. The minimum Gasteiger partial charge on any atom is -0.377 e. The number of methoxy groups -OCH3 is 1. The van der Waals surface area contributed by atoms with E-state index >= 15 is 0 Å². The third-order valence-electron chi connectivity index (χ3n) is 5.71. The molecule has 154 valence electrons. The van der Waals surface area contributed by atoms with Gasteiger partial charge in [-0.1, -0.05) is 0 Å². The average Bonchev–Trinajstić information content (AvgIpc) is 3.27. The van der Waals surface area contributed by atoms with Crippen molar-refractivity contribution in [3.63, 3.8) is 0 Å². The number of imidazole rings is 1. The van der Waals surface area contributed by atoms with Gasteiger partial charge in [0.2, 0.25) is 0 Å². The van der Waals surface area contributed by atoms with Crippen LogP contribution in [-0.4, -0.2) is 41.8 Å². The van der Waals surface area contributed by atoms with Gasteiger partial charge in [-0.15, -0.1) is 11.3 Å². The SMILES string of the molecule is CNC(=O)c1cc(F)cc2c1nc(-c1cc3c(s1)C(C(C)(C)OC)NCC3)n2C. The highest BCUT2D eigenvalue weighted by Crippen LogP contribution is 2.42. The standard InChI is InChI=1S/C21H25FN4O2S/c1-21(2,28-5)18-17-11(6-7-24-18)8-15(29-17)19-25-16-13(20(27)23-3)9-12(22)10-14(16)26(19)4/h8-10,18,24H,6-7H2,1-5H3,(H,23,27). The molecule has 1 aliphatic heterocycles. The van der Waals surface area contributed by atoms with E-state index < -0.39 is 5.82 Å². The third-order valence-corrected chi connectivity index (χ3v) is 6.95. The molecule has 0 fully saturated rings. The van der Waals surface area contributed by atoms with Crippen molar-refractivity contribution in [1.82, 2.24) is 20.2 Å². The fourth-order valence-electron chi connectivity index (χ4n) is 3.90. The molecule has 4 rings (SSSR count). The number of hydrogen-bond donors (Lipinski definition) is 2. The molecule has 0 aliphatic carbocycles. The van der Waals surface area contributed by atoms with Gasteiger partial charge in [-0.3, -0.25) is 4.79 Å². The second-order valence-corrected chi connectivity index (χ2v) is 8.92. The van der Waals surface area contributed by atoms with Gasteiger partial charge < -0.3 is 19.9 Å². The van der Waals surface area contributed by atoms with Crippen LogP contribution in [0.1, 0.15) is 40.7 Å². The van der Waals surface area contributed by atoms with Crippen LogP contribution < -0.4 is 10.6 Å². The summed E-state index contributed by atoms with van der Waals surface area (Å²) in [6, 6.07) is 4.91. The number of carbonyl (C=O) groups is 1. The van der Waals surface area contributed by atoms with E-state index in [1.807, 2.05) is 11.6 Å². The number of benzene rings is 1. The maximum absolute atomic E-state index is 14.2. The summed E-state index contributed by atoms with van der Waals surface area (Å²) in [7, 11) is 5.11. The zero-order valence-electron chi connectivity index (χ0n) is 17.2. The van der Waals surface area contributed by atoms with Crippen LogP contribution in [0.15, 0.2) is 18.2 Å². The highest BCUT2D eigenvalue weighted by Gasteiger charge is 2.36. The lowest BCUT2D eigenvalue weighted by Gasteiger charge is -2.36. The van der Waals surface area contributed by atoms with E-state index in [1.54, 1.807) is 18.4 Å². The smallest absolute Gasteiger partial charge is 0.253 e. The van der Waals surface area contributed by atoms with Crippen LogP contribution in [0, 0.1) is 5.82 Å². The van der Waals surface area contributed by atoms with Crippen molar-refractivity contribution >= 4 is 28.3 Å². The molecule has 2 aromatic heterocycles. The van der Waals surface area contributed by atoms with E-state index in [2.05, 4.69) is 30.5 Å². The highest BCUT2D eigenvalue weighted by molar-refractivity contribution is 7.15. The number of halogens is 1. The Morgan fingerprint density at radius 2 is 2.17 bits per heavy atom. The number of nitrogens with one attached hydrogen (secondary N) is 2. The van der Waals surface area contributed by atoms with Crippen molar-refractivity contribution in [3.05, 3.63) is 40.0 Å². The lowest BCUT2D eigenvalue weighted by molar-refractivity contribution is -0.0117. The van der Waals surface area contributed by atoms with Crippen LogP contribution >= 0.6 is 11.3 Å². The Bertz CT molecular complexity index is 1100. The predicted octanol–water partition coefficient (Wildman–Crippen LogP) is 3.41. The van der Waals surface area contributed by atoms with Crippen LogP contribution in [-0.2, 0) is 18.2 Å². The van der Waals surface area contributed by atoms with Crippen molar-refractivity contribution in [1.29, 1.82) is 0 Å². The molecule has 1 atom stereocenters. The van der Waals surface area contributed by atoms with Gasteiger partial charge in [0.15, 0.2) is 5.82 Å². The number of amides is 1. The number of aryl methyl sites for hydroxylation is 1. The molecule has 3 aromatic rings. The number of rotatable bonds is 4. The van der Waals surface area contributed by atoms with Crippen LogP contribution in [0.25, 0.3) is 21.7 Å². The van der Waals surface area contributed by atoms with E-state index in [0.717, 1.165) is 23.7 Å². The monoisotopic (exact) mass is 416 g/mol. The zero-order valence-corrected chi connectivity index (χ0v) is 18.0. The Hall–Kier alpha value is -2.29.